The predicted octanol–water partition coefficient (Wildman–Crippen LogP) is 0.725. The molecule has 1 unspecified atom stereocenters. The molecule has 3 atom stereocenters. The summed E-state index contributed by atoms with van der Waals surface area (Å²) in [5, 5.41) is 0. The van der Waals surface area contributed by atoms with Crippen LogP contribution in [0, 0.1) is 5.41 Å². The predicted molar refractivity (Wildman–Crippen MR) is 110 cm³/mol. The van der Waals surface area contributed by atoms with Crippen LogP contribution in [0.2, 0.25) is 0 Å². The third-order valence-corrected chi connectivity index (χ3v) is 7.46. The van der Waals surface area contributed by atoms with Crippen molar-refractivity contribution in [1.29, 1.82) is 0 Å². The number of piperidine rings is 1. The van der Waals surface area contributed by atoms with Crippen LogP contribution in [0.4, 0.5) is 0 Å². The van der Waals surface area contributed by atoms with Crippen molar-refractivity contribution in [2.75, 3.05) is 26.7 Å². The van der Waals surface area contributed by atoms with Gasteiger partial charge in [-0.15, -0.1) is 4.72 Å². The number of nitrogens with two attached hydrogens (primary N) is 1. The summed E-state index contributed by atoms with van der Waals surface area (Å²) in [7, 11) is 1.80. The van der Waals surface area contributed by atoms with Gasteiger partial charge in [-0.05, 0) is 40.5 Å². The lowest BCUT2D eigenvalue weighted by Gasteiger charge is -2.45. The van der Waals surface area contributed by atoms with Gasteiger partial charge >= 0.3 is 0 Å². The highest BCUT2D eigenvalue weighted by atomic mass is 32.2. The summed E-state index contributed by atoms with van der Waals surface area (Å²) in [5.41, 5.74) is 6.18. The van der Waals surface area contributed by atoms with Crippen LogP contribution in [-0.4, -0.2) is 69.9 Å². The topological polar surface area (TPSA) is 106 Å². The van der Waals surface area contributed by atoms with Crippen LogP contribution in [0.1, 0.15) is 40.5 Å². The van der Waals surface area contributed by atoms with Crippen molar-refractivity contribution in [3.05, 3.63) is 17.6 Å². The first-order valence-corrected chi connectivity index (χ1v) is 10.8. The third kappa shape index (κ3) is 3.95. The lowest BCUT2D eigenvalue weighted by molar-refractivity contribution is 0.0820. The molecular formula is C19H31N5O3S. The van der Waals surface area contributed by atoms with Gasteiger partial charge in [-0.3, -0.25) is 0 Å². The minimum Gasteiger partial charge on any atom is -0.598 e. The Morgan fingerprint density at radius 2 is 2.07 bits per heavy atom. The van der Waals surface area contributed by atoms with Crippen LogP contribution in [0.15, 0.2) is 22.6 Å². The quantitative estimate of drug-likeness (QED) is 0.511. The van der Waals surface area contributed by atoms with Gasteiger partial charge in [-0.25, -0.2) is 4.79 Å². The first kappa shape index (κ1) is 21.2. The Bertz CT molecular complexity index is 718. The number of ether oxygens (including phenoxy) is 1. The maximum atomic E-state index is 12.7. The van der Waals surface area contributed by atoms with E-state index in [2.05, 4.69) is 14.6 Å². The fraction of sp³-hybridized carbons (Fsp3) is 0.737. The van der Waals surface area contributed by atoms with E-state index >= 15 is 0 Å². The molecule has 3 rings (SSSR count). The molecule has 8 nitrogen and oxygen atoms in total. The molecular weight excluding hydrogens is 378 g/mol. The van der Waals surface area contributed by atoms with Crippen molar-refractivity contribution in [1.82, 2.24) is 14.5 Å². The van der Waals surface area contributed by atoms with Gasteiger partial charge in [-0.1, -0.05) is 0 Å². The summed E-state index contributed by atoms with van der Waals surface area (Å²) in [6, 6.07) is 0.0381. The first-order chi connectivity index (χ1) is 13.1. The molecule has 2 saturated heterocycles. The zero-order chi connectivity index (χ0) is 20.7. The molecule has 0 bridgehead atoms. The molecule has 0 amide bonds. The molecule has 1 spiro atoms. The van der Waals surface area contributed by atoms with Crippen molar-refractivity contribution in [2.45, 2.75) is 57.4 Å². The molecule has 3 heterocycles. The summed E-state index contributed by atoms with van der Waals surface area (Å²) in [6.45, 7) is 10.1. The Kier molecular flexibility index (Phi) is 5.85. The van der Waals surface area contributed by atoms with Crippen LogP contribution in [0.25, 0.3) is 0 Å². The number of likely N-dealkylation sites (tertiary alicyclic amines) is 1. The normalized spacial score (nSPS) is 28.9. The summed E-state index contributed by atoms with van der Waals surface area (Å²) < 4.78 is 21.7. The molecule has 3 N–H and O–H groups in total. The Hall–Kier alpha value is -1.51. The number of hydrogen-bond donors (Lipinski definition) is 2. The lowest BCUT2D eigenvalue weighted by Crippen LogP contribution is -2.58. The molecule has 0 radical (unpaired) electrons. The maximum Gasteiger partial charge on any atom is 0.208 e. The highest BCUT2D eigenvalue weighted by Gasteiger charge is 2.52. The van der Waals surface area contributed by atoms with E-state index < -0.39 is 11.4 Å². The minimum absolute atomic E-state index is 0.00993. The number of hydrogen-bond acceptors (Lipinski definition) is 8. The second-order valence-electron chi connectivity index (χ2n) is 8.87. The van der Waals surface area contributed by atoms with Gasteiger partial charge in [-0.2, -0.15) is 4.99 Å². The van der Waals surface area contributed by atoms with Gasteiger partial charge in [0, 0.05) is 43.0 Å². The van der Waals surface area contributed by atoms with Crippen molar-refractivity contribution in [3.8, 4) is 0 Å². The van der Waals surface area contributed by atoms with E-state index in [0.29, 0.717) is 24.1 Å². The van der Waals surface area contributed by atoms with Gasteiger partial charge in [0.15, 0.2) is 5.94 Å². The molecule has 2 fully saturated rings. The molecule has 0 saturated carbocycles. The number of guanidine groups is 1. The monoisotopic (exact) mass is 409 g/mol. The molecule has 3 aliphatic heterocycles. The third-order valence-electron chi connectivity index (χ3n) is 5.87. The number of likely N-dealkylation sites (N-methyl/N-ethyl adjacent to an activating group) is 1. The molecule has 0 aromatic carbocycles. The van der Waals surface area contributed by atoms with Crippen LogP contribution in [0.3, 0.4) is 0 Å². The number of nitrogens with one attached hydrogen (secondary N) is 1. The molecule has 28 heavy (non-hydrogen) atoms. The van der Waals surface area contributed by atoms with Crippen LogP contribution in [0.5, 0.6) is 0 Å². The Balaban J connectivity index is 1.73. The Labute approximate surface area is 170 Å². The maximum absolute atomic E-state index is 12.7. The Morgan fingerprint density at radius 3 is 2.64 bits per heavy atom. The molecule has 0 aromatic rings. The second kappa shape index (κ2) is 7.72. The largest absolute Gasteiger partial charge is 0.598 e. The first-order valence-electron chi connectivity index (χ1n) is 9.67. The number of nitrogens with zero attached hydrogens (tertiary/aromatic N) is 3. The fourth-order valence-corrected chi connectivity index (χ4v) is 5.08. The SMILES string of the molecule is C[C@@H]1OCC2(CCN(C3=NC(N)=CC(=C=O)N3C)CC2)[C@@H]1N[S+]([O-])C(C)(C)C. The van der Waals surface area contributed by atoms with Gasteiger partial charge in [0.2, 0.25) is 5.96 Å². The Morgan fingerprint density at radius 1 is 1.43 bits per heavy atom. The van der Waals surface area contributed by atoms with Gasteiger partial charge in [0.1, 0.15) is 16.3 Å². The molecule has 0 aromatic heterocycles. The van der Waals surface area contributed by atoms with Crippen molar-refractivity contribution < 1.29 is 14.1 Å². The second-order valence-corrected chi connectivity index (χ2v) is 10.9. The number of aliphatic imine (C=N–C) groups is 1. The van der Waals surface area contributed by atoms with Crippen LogP contribution >= 0.6 is 0 Å². The fourth-order valence-electron chi connectivity index (χ4n) is 4.05. The number of carbonyl (C=O) groups excluding carboxylic acids is 1. The van der Waals surface area contributed by atoms with E-state index in [4.69, 9.17) is 10.5 Å². The smallest absolute Gasteiger partial charge is 0.208 e. The number of rotatable bonds is 2. The average molecular weight is 410 g/mol. The molecule has 156 valence electrons. The van der Waals surface area contributed by atoms with E-state index in [1.165, 1.54) is 6.08 Å². The van der Waals surface area contributed by atoms with Crippen LogP contribution in [-0.2, 0) is 20.9 Å². The van der Waals surface area contributed by atoms with Gasteiger partial charge < -0.3 is 24.8 Å². The number of allylic oxidation sites excluding steroid dienone is 1. The van der Waals surface area contributed by atoms with E-state index in [-0.39, 0.29) is 22.3 Å². The van der Waals surface area contributed by atoms with Gasteiger partial charge in [0.05, 0.1) is 18.8 Å². The summed E-state index contributed by atoms with van der Waals surface area (Å²) >= 11 is -1.15. The molecule has 0 aliphatic carbocycles. The highest BCUT2D eigenvalue weighted by Crippen LogP contribution is 2.43. The van der Waals surface area contributed by atoms with Crippen LogP contribution < -0.4 is 10.5 Å². The van der Waals surface area contributed by atoms with E-state index in [1.807, 2.05) is 33.6 Å². The van der Waals surface area contributed by atoms with Crippen molar-refractivity contribution >= 4 is 23.3 Å². The summed E-state index contributed by atoms with van der Waals surface area (Å²) in [5.74, 6) is 2.89. The average Bonchev–Trinajstić information content (AvgIpc) is 2.93. The minimum atomic E-state index is -1.15. The van der Waals surface area contributed by atoms with E-state index in [1.54, 1.807) is 11.9 Å². The highest BCUT2D eigenvalue weighted by molar-refractivity contribution is 7.90. The summed E-state index contributed by atoms with van der Waals surface area (Å²) in [6.07, 6.45) is 3.30. The molecule has 3 aliphatic rings. The lowest BCUT2D eigenvalue weighted by atomic mass is 9.73. The van der Waals surface area contributed by atoms with Crippen molar-refractivity contribution in [2.24, 2.45) is 16.1 Å². The zero-order valence-electron chi connectivity index (χ0n) is 17.3. The van der Waals surface area contributed by atoms with E-state index in [0.717, 1.165) is 25.9 Å². The zero-order valence-corrected chi connectivity index (χ0v) is 18.1. The molecule has 9 heteroatoms. The van der Waals surface area contributed by atoms with Gasteiger partial charge in [0.25, 0.3) is 0 Å². The van der Waals surface area contributed by atoms with E-state index in [9.17, 15) is 9.35 Å². The standard InChI is InChI=1S/C19H31N5O3S/c1-13-16(22-28(26)18(2,3)4)19(12-27-13)6-8-24(9-7-19)17-21-15(20)10-14(11-25)23(17)5/h10,13,16,22H,6-9,12,20H2,1-5H3/t13-,16+,28?/m0/s1. The van der Waals surface area contributed by atoms with Crippen molar-refractivity contribution in [3.63, 3.8) is 0 Å². The summed E-state index contributed by atoms with van der Waals surface area (Å²) in [4.78, 5) is 19.5.